The molecule has 32 heavy (non-hydrogen) atoms. The number of aromatic nitrogens is 4. The minimum Gasteiger partial charge on any atom is -0.323 e. The summed E-state index contributed by atoms with van der Waals surface area (Å²) in [6.07, 6.45) is 0. The lowest BCUT2D eigenvalue weighted by Gasteiger charge is -2.07. The summed E-state index contributed by atoms with van der Waals surface area (Å²) < 4.78 is 15.2. The topological polar surface area (TPSA) is 95.6 Å². The lowest BCUT2D eigenvalue weighted by Crippen LogP contribution is -2.19. The number of benzene rings is 2. The first kappa shape index (κ1) is 21.5. The maximum atomic E-state index is 13.5. The van der Waals surface area contributed by atoms with Gasteiger partial charge >= 0.3 is 5.69 Å². The molecular weight excluding hydrogens is 409 g/mol. The molecule has 7 nitrogen and oxygen atoms in total. The van der Waals surface area contributed by atoms with Crippen molar-refractivity contribution in [1.82, 2.24) is 19.5 Å². The highest BCUT2D eigenvalue weighted by molar-refractivity contribution is 5.92. The molecule has 1 amide bonds. The molecule has 0 unspecified atom stereocenters. The Morgan fingerprint density at radius 1 is 1.06 bits per heavy atom. The predicted molar refractivity (Wildman–Crippen MR) is 124 cm³/mol. The van der Waals surface area contributed by atoms with Crippen molar-refractivity contribution in [3.63, 3.8) is 0 Å². The second-order valence-electron chi connectivity index (χ2n) is 8.63. The Balaban J connectivity index is 1.83. The highest BCUT2D eigenvalue weighted by atomic mass is 19.1. The van der Waals surface area contributed by atoms with Crippen molar-refractivity contribution in [1.29, 1.82) is 0 Å². The van der Waals surface area contributed by atoms with Crippen LogP contribution in [0.4, 0.5) is 10.3 Å². The third kappa shape index (κ3) is 4.21. The van der Waals surface area contributed by atoms with Crippen LogP contribution in [-0.2, 0) is 11.3 Å². The predicted octanol–water partition coefficient (Wildman–Crippen LogP) is 4.78. The van der Waals surface area contributed by atoms with E-state index in [1.54, 1.807) is 30.5 Å². The molecule has 4 aromatic rings. The lowest BCUT2D eigenvalue weighted by molar-refractivity contribution is -0.118. The van der Waals surface area contributed by atoms with Gasteiger partial charge in [0.25, 0.3) is 0 Å². The zero-order valence-corrected chi connectivity index (χ0v) is 18.5. The fourth-order valence-corrected chi connectivity index (χ4v) is 3.59. The van der Waals surface area contributed by atoms with E-state index in [0.717, 1.165) is 16.6 Å². The quantitative estimate of drug-likeness (QED) is 0.407. The van der Waals surface area contributed by atoms with E-state index in [1.807, 2.05) is 18.2 Å². The maximum Gasteiger partial charge on any atom is 0.326 e. The summed E-state index contributed by atoms with van der Waals surface area (Å²) in [5.74, 6) is -0.0750. The van der Waals surface area contributed by atoms with E-state index in [4.69, 9.17) is 0 Å². The van der Waals surface area contributed by atoms with Crippen LogP contribution >= 0.6 is 0 Å². The summed E-state index contributed by atoms with van der Waals surface area (Å²) in [6.45, 7) is 8.34. The van der Waals surface area contributed by atoms with E-state index >= 15 is 0 Å². The summed E-state index contributed by atoms with van der Waals surface area (Å²) in [6, 6.07) is 11.7. The summed E-state index contributed by atoms with van der Waals surface area (Å²) in [5, 5.41) is 2.78. The summed E-state index contributed by atoms with van der Waals surface area (Å²) in [4.78, 5) is 35.3. The average molecular weight is 436 g/mol. The molecule has 4 rings (SSSR count). The molecule has 0 atom stereocenters. The van der Waals surface area contributed by atoms with E-state index in [1.165, 1.54) is 12.1 Å². The van der Waals surface area contributed by atoms with Crippen LogP contribution in [0.1, 0.15) is 27.7 Å². The van der Waals surface area contributed by atoms with Gasteiger partial charge in [0.15, 0.2) is 0 Å². The Morgan fingerprint density at radius 3 is 2.41 bits per heavy atom. The molecule has 0 saturated heterocycles. The Kier molecular flexibility index (Phi) is 5.69. The van der Waals surface area contributed by atoms with Crippen LogP contribution in [0, 0.1) is 17.7 Å². The van der Waals surface area contributed by atoms with Gasteiger partial charge in [0.2, 0.25) is 11.9 Å². The third-order valence-electron chi connectivity index (χ3n) is 5.20. The van der Waals surface area contributed by atoms with Gasteiger partial charge < -0.3 is 9.97 Å². The third-order valence-corrected chi connectivity index (χ3v) is 5.20. The van der Waals surface area contributed by atoms with Gasteiger partial charge in [-0.2, -0.15) is 0 Å². The minimum absolute atomic E-state index is 0.156. The van der Waals surface area contributed by atoms with Gasteiger partial charge in [-0.15, -0.1) is 0 Å². The number of carbonyl (C=O) groups excluding carboxylic acids is 1. The molecule has 0 aliphatic carbocycles. The number of hydrogen-bond acceptors (Lipinski definition) is 3. The number of aromatic amines is 2. The largest absolute Gasteiger partial charge is 0.326 e. The second kappa shape index (κ2) is 8.45. The number of halogens is 1. The van der Waals surface area contributed by atoms with Crippen molar-refractivity contribution >= 4 is 22.9 Å². The standard InChI is InChI=1S/C24H26FN5O2/c1-13(2)12-30-19-10-7-16(11-18(19)26-24(30)32)21-20(15-5-8-17(25)9-6-15)27-23(28-21)29-22(31)14(3)4/h5-11,13-14H,12H2,1-4H3,(H,26,32)(H2,27,28,29,31). The molecule has 0 radical (unpaired) electrons. The normalized spacial score (nSPS) is 11.6. The number of fused-ring (bicyclic) bond motifs is 1. The molecule has 0 fully saturated rings. The van der Waals surface area contributed by atoms with Gasteiger partial charge in [0, 0.05) is 23.6 Å². The highest BCUT2D eigenvalue weighted by Gasteiger charge is 2.18. The van der Waals surface area contributed by atoms with Gasteiger partial charge in [0.1, 0.15) is 5.82 Å². The summed E-state index contributed by atoms with van der Waals surface area (Å²) >= 11 is 0. The van der Waals surface area contributed by atoms with E-state index in [2.05, 4.69) is 34.1 Å². The van der Waals surface area contributed by atoms with Crippen molar-refractivity contribution in [2.75, 3.05) is 5.32 Å². The van der Waals surface area contributed by atoms with Crippen LogP contribution < -0.4 is 11.0 Å². The Labute approximate surface area is 184 Å². The van der Waals surface area contributed by atoms with Crippen LogP contribution in [0.2, 0.25) is 0 Å². The number of rotatable bonds is 6. The Morgan fingerprint density at radius 2 is 1.75 bits per heavy atom. The zero-order chi connectivity index (χ0) is 23.0. The van der Waals surface area contributed by atoms with Crippen LogP contribution in [0.5, 0.6) is 0 Å². The van der Waals surface area contributed by atoms with Crippen molar-refractivity contribution in [3.05, 3.63) is 58.8 Å². The van der Waals surface area contributed by atoms with Crippen molar-refractivity contribution in [3.8, 4) is 22.5 Å². The monoisotopic (exact) mass is 435 g/mol. The molecule has 0 bridgehead atoms. The number of nitrogens with zero attached hydrogens (tertiary/aromatic N) is 2. The Bertz CT molecular complexity index is 1330. The molecule has 2 aromatic heterocycles. The molecule has 0 saturated carbocycles. The molecular formula is C24H26FN5O2. The molecule has 166 valence electrons. The zero-order valence-electron chi connectivity index (χ0n) is 18.5. The number of hydrogen-bond donors (Lipinski definition) is 3. The Hall–Kier alpha value is -3.68. The van der Waals surface area contributed by atoms with Gasteiger partial charge in [-0.3, -0.25) is 14.7 Å². The number of H-pyrrole nitrogens is 2. The van der Waals surface area contributed by atoms with Gasteiger partial charge in [0.05, 0.1) is 22.4 Å². The number of amides is 1. The van der Waals surface area contributed by atoms with E-state index < -0.39 is 0 Å². The lowest BCUT2D eigenvalue weighted by atomic mass is 10.0. The van der Waals surface area contributed by atoms with Crippen LogP contribution in [0.25, 0.3) is 33.5 Å². The number of carbonyl (C=O) groups is 1. The number of anilines is 1. The van der Waals surface area contributed by atoms with Gasteiger partial charge in [-0.1, -0.05) is 33.8 Å². The fourth-order valence-electron chi connectivity index (χ4n) is 3.59. The number of nitrogens with one attached hydrogen (secondary N) is 3. The van der Waals surface area contributed by atoms with Crippen molar-refractivity contribution in [2.24, 2.45) is 11.8 Å². The van der Waals surface area contributed by atoms with Crippen LogP contribution in [0.3, 0.4) is 0 Å². The maximum absolute atomic E-state index is 13.5. The number of imidazole rings is 2. The first-order valence-electron chi connectivity index (χ1n) is 10.6. The molecule has 0 spiro atoms. The SMILES string of the molecule is CC(C)Cn1c(=O)[nH]c2cc(-c3nc(NC(=O)C(C)C)[nH]c3-c3ccc(F)cc3)ccc21. The smallest absolute Gasteiger partial charge is 0.323 e. The van der Waals surface area contributed by atoms with E-state index in [0.29, 0.717) is 35.3 Å². The van der Waals surface area contributed by atoms with E-state index in [9.17, 15) is 14.0 Å². The molecule has 8 heteroatoms. The van der Waals surface area contributed by atoms with Gasteiger partial charge in [-0.05, 0) is 42.3 Å². The summed E-state index contributed by atoms with van der Waals surface area (Å²) in [5.41, 5.74) is 4.09. The van der Waals surface area contributed by atoms with Crippen molar-refractivity contribution < 1.29 is 9.18 Å². The molecule has 0 aliphatic heterocycles. The van der Waals surface area contributed by atoms with Crippen LogP contribution in [0.15, 0.2) is 47.3 Å². The van der Waals surface area contributed by atoms with Gasteiger partial charge in [-0.25, -0.2) is 14.2 Å². The molecule has 2 aromatic carbocycles. The summed E-state index contributed by atoms with van der Waals surface area (Å²) in [7, 11) is 0. The average Bonchev–Trinajstić information content (AvgIpc) is 3.29. The second-order valence-corrected chi connectivity index (χ2v) is 8.63. The molecule has 0 aliphatic rings. The first-order chi connectivity index (χ1) is 15.2. The molecule has 3 N–H and O–H groups in total. The molecule has 2 heterocycles. The van der Waals surface area contributed by atoms with E-state index in [-0.39, 0.29) is 23.3 Å². The van der Waals surface area contributed by atoms with Crippen molar-refractivity contribution in [2.45, 2.75) is 34.2 Å². The minimum atomic E-state index is -0.339. The van der Waals surface area contributed by atoms with Crippen LogP contribution in [-0.4, -0.2) is 25.4 Å². The highest BCUT2D eigenvalue weighted by Crippen LogP contribution is 2.33. The first-order valence-corrected chi connectivity index (χ1v) is 10.6. The fraction of sp³-hybridized carbons (Fsp3) is 0.292.